The molecule has 3 aromatic carbocycles. The Hall–Kier alpha value is -2.19. The summed E-state index contributed by atoms with van der Waals surface area (Å²) in [6.07, 6.45) is 0.598. The molecule has 0 saturated carbocycles. The number of ketones is 1. The number of rotatable bonds is 6. The topological polar surface area (TPSA) is 49.3 Å². The van der Waals surface area contributed by atoms with Crippen LogP contribution in [0, 0.1) is 6.92 Å². The molecule has 0 saturated heterocycles. The number of hydrogen-bond acceptors (Lipinski definition) is 3. The maximum atomic E-state index is 12.8. The number of halogens is 1. The molecule has 2 N–H and O–H groups in total. The summed E-state index contributed by atoms with van der Waals surface area (Å²) >= 11 is 6.39. The second-order valence-corrected chi connectivity index (χ2v) is 7.03. The van der Waals surface area contributed by atoms with E-state index in [0.717, 1.165) is 22.5 Å². The van der Waals surface area contributed by atoms with Crippen LogP contribution in [-0.2, 0) is 6.16 Å². The van der Waals surface area contributed by atoms with Crippen molar-refractivity contribution in [3.05, 3.63) is 94.0 Å². The van der Waals surface area contributed by atoms with Crippen LogP contribution in [0.2, 0.25) is 5.02 Å². The average molecular weight is 384 g/mol. The number of carbonyl (C=O) groups excluding carboxylic acids is 1. The number of nitrogens with one attached hydrogen (secondary N) is 1. The van der Waals surface area contributed by atoms with E-state index in [1.807, 2.05) is 61.5 Å². The van der Waals surface area contributed by atoms with Crippen molar-refractivity contribution in [1.82, 2.24) is 0 Å². The molecule has 3 rings (SSSR count). The van der Waals surface area contributed by atoms with Crippen LogP contribution in [0.1, 0.15) is 27.0 Å². The van der Waals surface area contributed by atoms with Crippen molar-refractivity contribution < 1.29 is 9.69 Å². The summed E-state index contributed by atoms with van der Waals surface area (Å²) in [4.78, 5) is 22.0. The third kappa shape index (κ3) is 4.13. The lowest BCUT2D eigenvalue weighted by atomic mass is 9.99. The van der Waals surface area contributed by atoms with Gasteiger partial charge in [0.25, 0.3) is 0 Å². The Bertz CT molecular complexity index is 943. The van der Waals surface area contributed by atoms with Gasteiger partial charge < -0.3 is 10.2 Å². The fourth-order valence-corrected chi connectivity index (χ4v) is 3.53. The molecular formula is C21H19ClNO2P. The lowest BCUT2D eigenvalue weighted by Gasteiger charge is -2.13. The first kappa shape index (κ1) is 18.6. The normalized spacial score (nSPS) is 11.0. The van der Waals surface area contributed by atoms with Crippen molar-refractivity contribution >= 4 is 37.6 Å². The Kier molecular flexibility index (Phi) is 6.05. The second kappa shape index (κ2) is 8.46. The molecule has 3 nitrogen and oxygen atoms in total. The molecular weight excluding hydrogens is 365 g/mol. The van der Waals surface area contributed by atoms with E-state index < -0.39 is 0 Å². The fourth-order valence-electron chi connectivity index (χ4n) is 2.79. The van der Waals surface area contributed by atoms with Crippen LogP contribution in [0.3, 0.4) is 0 Å². The minimum absolute atomic E-state index is 0.0819. The predicted molar refractivity (Wildman–Crippen MR) is 110 cm³/mol. The maximum Gasteiger partial charge on any atom is 0.194 e. The third-order valence-electron chi connectivity index (χ3n) is 4.17. The molecule has 1 unspecified atom stereocenters. The lowest BCUT2D eigenvalue weighted by molar-refractivity contribution is 0.103. The Morgan fingerprint density at radius 2 is 1.77 bits per heavy atom. The van der Waals surface area contributed by atoms with Crippen LogP contribution in [0.25, 0.3) is 0 Å². The Balaban J connectivity index is 1.87. The van der Waals surface area contributed by atoms with E-state index in [-0.39, 0.29) is 14.6 Å². The quantitative estimate of drug-likeness (QED) is 0.423. The molecule has 132 valence electrons. The van der Waals surface area contributed by atoms with Gasteiger partial charge in [-0.05, 0) is 42.3 Å². The van der Waals surface area contributed by atoms with E-state index in [0.29, 0.717) is 22.3 Å². The van der Waals surface area contributed by atoms with Crippen molar-refractivity contribution in [1.29, 1.82) is 0 Å². The highest BCUT2D eigenvalue weighted by molar-refractivity contribution is 7.30. The van der Waals surface area contributed by atoms with Gasteiger partial charge in [0.1, 0.15) is 0 Å². The summed E-state index contributed by atoms with van der Waals surface area (Å²) in [5.74, 6) is -0.0819. The molecule has 0 spiro atoms. The maximum absolute atomic E-state index is 12.8. The van der Waals surface area contributed by atoms with Crippen molar-refractivity contribution in [2.45, 2.75) is 13.1 Å². The molecule has 0 aliphatic carbocycles. The number of anilines is 2. The van der Waals surface area contributed by atoms with E-state index in [1.165, 1.54) is 0 Å². The number of hydrogen-bond donors (Lipinski definition) is 2. The van der Waals surface area contributed by atoms with Gasteiger partial charge in [-0.25, -0.2) is 0 Å². The minimum atomic E-state index is -0.144. The van der Waals surface area contributed by atoms with E-state index in [9.17, 15) is 9.69 Å². The number of para-hydroxylation sites is 1. The van der Waals surface area contributed by atoms with E-state index in [2.05, 4.69) is 5.32 Å². The number of carbonyl (C=O) groups is 1. The molecule has 0 amide bonds. The smallest absolute Gasteiger partial charge is 0.194 e. The Morgan fingerprint density at radius 3 is 2.50 bits per heavy atom. The van der Waals surface area contributed by atoms with Gasteiger partial charge in [0.2, 0.25) is 0 Å². The molecule has 26 heavy (non-hydrogen) atoms. The van der Waals surface area contributed by atoms with Gasteiger partial charge in [-0.2, -0.15) is 0 Å². The van der Waals surface area contributed by atoms with Gasteiger partial charge >= 0.3 is 0 Å². The van der Waals surface area contributed by atoms with Crippen molar-refractivity contribution in [3.8, 4) is 0 Å². The average Bonchev–Trinajstić information content (AvgIpc) is 2.64. The molecule has 5 heteroatoms. The van der Waals surface area contributed by atoms with E-state index in [1.54, 1.807) is 12.1 Å². The summed E-state index contributed by atoms with van der Waals surface area (Å²) in [5, 5.41) is 3.72. The molecule has 0 heterocycles. The fraction of sp³-hybridized carbons (Fsp3) is 0.0952. The van der Waals surface area contributed by atoms with Crippen LogP contribution >= 0.6 is 20.4 Å². The van der Waals surface area contributed by atoms with Crippen molar-refractivity contribution in [2.24, 2.45) is 0 Å². The van der Waals surface area contributed by atoms with Gasteiger partial charge in [-0.3, -0.25) is 4.79 Å². The zero-order valence-electron chi connectivity index (χ0n) is 14.3. The highest BCUT2D eigenvalue weighted by atomic mass is 35.5. The van der Waals surface area contributed by atoms with E-state index >= 15 is 0 Å². The van der Waals surface area contributed by atoms with Gasteiger partial charge in [-0.15, -0.1) is 0 Å². The number of benzene rings is 3. The van der Waals surface area contributed by atoms with Gasteiger partial charge in [-0.1, -0.05) is 54.1 Å². The van der Waals surface area contributed by atoms with E-state index in [4.69, 9.17) is 11.6 Å². The largest absolute Gasteiger partial charge is 0.377 e. The van der Waals surface area contributed by atoms with Crippen LogP contribution in [0.15, 0.2) is 66.7 Å². The molecule has 1 atom stereocenters. The van der Waals surface area contributed by atoms with Gasteiger partial charge in [0.15, 0.2) is 5.78 Å². The Morgan fingerprint density at radius 1 is 1.04 bits per heavy atom. The van der Waals surface area contributed by atoms with Crippen LogP contribution < -0.4 is 5.32 Å². The number of aryl methyl sites for hydroxylation is 1. The van der Waals surface area contributed by atoms with Crippen LogP contribution in [-0.4, -0.2) is 10.7 Å². The molecule has 0 aliphatic rings. The monoisotopic (exact) mass is 383 g/mol. The summed E-state index contributed by atoms with van der Waals surface area (Å²) in [5.41, 5.74) is 4.81. The summed E-state index contributed by atoms with van der Waals surface area (Å²) in [7, 11) is -0.144. The molecule has 0 aliphatic heterocycles. The summed E-state index contributed by atoms with van der Waals surface area (Å²) in [6.45, 7) is 1.91. The zero-order chi connectivity index (χ0) is 18.5. The SMILES string of the molecule is Cc1ccccc1C(=O)c1ccc(Nc2ccccc2CPO)cc1Cl. The Labute approximate surface area is 159 Å². The minimum Gasteiger partial charge on any atom is -0.377 e. The molecule has 0 aromatic heterocycles. The third-order valence-corrected chi connectivity index (χ3v) is 5.02. The van der Waals surface area contributed by atoms with Crippen molar-refractivity contribution in [3.63, 3.8) is 0 Å². The highest BCUT2D eigenvalue weighted by Gasteiger charge is 2.15. The predicted octanol–water partition coefficient (Wildman–Crippen LogP) is 5.71. The zero-order valence-corrected chi connectivity index (χ0v) is 16.0. The van der Waals surface area contributed by atoms with Gasteiger partial charge in [0.05, 0.1) is 5.02 Å². The van der Waals surface area contributed by atoms with Crippen molar-refractivity contribution in [2.75, 3.05) is 5.32 Å². The van der Waals surface area contributed by atoms with Crippen LogP contribution in [0.4, 0.5) is 11.4 Å². The van der Waals surface area contributed by atoms with Crippen LogP contribution in [0.5, 0.6) is 0 Å². The summed E-state index contributed by atoms with van der Waals surface area (Å²) < 4.78 is 0. The first-order chi connectivity index (χ1) is 12.6. The second-order valence-electron chi connectivity index (χ2n) is 5.96. The molecule has 3 aromatic rings. The molecule has 0 radical (unpaired) electrons. The standard InChI is InChI=1S/C21H19ClNO2P/c1-14-6-2-4-8-17(14)21(24)18-11-10-16(12-19(18)22)23-20-9-5-3-7-15(20)13-26-25/h2-12,23,25-26H,13H2,1H3. The highest BCUT2D eigenvalue weighted by Crippen LogP contribution is 2.29. The van der Waals surface area contributed by atoms with Gasteiger partial charge in [0, 0.05) is 37.5 Å². The lowest BCUT2D eigenvalue weighted by Crippen LogP contribution is -2.05. The first-order valence-electron chi connectivity index (χ1n) is 8.22. The first-order valence-corrected chi connectivity index (χ1v) is 9.75. The molecule has 0 bridgehead atoms. The molecule has 0 fully saturated rings. The summed E-state index contributed by atoms with van der Waals surface area (Å²) in [6, 6.07) is 20.6.